The molecule has 18 heavy (non-hydrogen) atoms. The Bertz CT molecular complexity index is 361. The van der Waals surface area contributed by atoms with Crippen molar-refractivity contribution in [1.29, 1.82) is 0 Å². The second kappa shape index (κ2) is 5.75. The summed E-state index contributed by atoms with van der Waals surface area (Å²) in [7, 11) is 2.21. The molecule has 0 unspecified atom stereocenters. The predicted octanol–water partition coefficient (Wildman–Crippen LogP) is 3.52. The Hall–Kier alpha value is -1.02. The first-order chi connectivity index (χ1) is 8.58. The highest BCUT2D eigenvalue weighted by Gasteiger charge is 2.22. The van der Waals surface area contributed by atoms with Crippen LogP contribution in [0.1, 0.15) is 51.0 Å². The molecule has 0 saturated heterocycles. The number of benzene rings is 1. The van der Waals surface area contributed by atoms with E-state index in [0.29, 0.717) is 18.0 Å². The molecule has 0 aromatic heterocycles. The van der Waals surface area contributed by atoms with Gasteiger partial charge in [-0.05, 0) is 49.3 Å². The van der Waals surface area contributed by atoms with Crippen LogP contribution in [0.5, 0.6) is 0 Å². The molecule has 1 aromatic rings. The van der Waals surface area contributed by atoms with Crippen LogP contribution in [0.3, 0.4) is 0 Å². The molecule has 0 heterocycles. The number of rotatable bonds is 3. The van der Waals surface area contributed by atoms with Gasteiger partial charge >= 0.3 is 0 Å². The predicted molar refractivity (Wildman–Crippen MR) is 79.2 cm³/mol. The van der Waals surface area contributed by atoms with Crippen molar-refractivity contribution in [2.24, 2.45) is 5.73 Å². The Labute approximate surface area is 111 Å². The summed E-state index contributed by atoms with van der Waals surface area (Å²) < 4.78 is 0. The van der Waals surface area contributed by atoms with Crippen molar-refractivity contribution in [3.05, 3.63) is 29.8 Å². The minimum Gasteiger partial charge on any atom is -0.372 e. The summed E-state index contributed by atoms with van der Waals surface area (Å²) in [5, 5.41) is 0. The molecule has 100 valence electrons. The first-order valence-corrected chi connectivity index (χ1v) is 7.16. The van der Waals surface area contributed by atoms with E-state index in [0.717, 1.165) is 0 Å². The van der Waals surface area contributed by atoms with Crippen LogP contribution in [-0.2, 0) is 0 Å². The third kappa shape index (κ3) is 3.05. The van der Waals surface area contributed by atoms with Crippen LogP contribution in [0.15, 0.2) is 24.3 Å². The Morgan fingerprint density at radius 2 is 1.61 bits per heavy atom. The molecule has 2 N–H and O–H groups in total. The van der Waals surface area contributed by atoms with Crippen molar-refractivity contribution >= 4 is 5.69 Å². The van der Waals surface area contributed by atoms with Crippen LogP contribution in [0.2, 0.25) is 0 Å². The average molecular weight is 246 g/mol. The molecule has 2 nitrogen and oxygen atoms in total. The van der Waals surface area contributed by atoms with Crippen molar-refractivity contribution in [2.75, 3.05) is 11.9 Å². The number of anilines is 1. The summed E-state index contributed by atoms with van der Waals surface area (Å²) in [6.45, 7) is 4.47. The Morgan fingerprint density at radius 1 is 1.06 bits per heavy atom. The fraction of sp³-hybridized carbons (Fsp3) is 0.625. The van der Waals surface area contributed by atoms with Gasteiger partial charge in [0.15, 0.2) is 0 Å². The molecule has 0 radical (unpaired) electrons. The van der Waals surface area contributed by atoms with E-state index in [1.807, 2.05) is 0 Å². The molecule has 1 aromatic carbocycles. The van der Waals surface area contributed by atoms with E-state index in [-0.39, 0.29) is 0 Å². The van der Waals surface area contributed by atoms with E-state index in [9.17, 15) is 0 Å². The fourth-order valence-electron chi connectivity index (χ4n) is 2.79. The van der Waals surface area contributed by atoms with Gasteiger partial charge in [-0.25, -0.2) is 0 Å². The van der Waals surface area contributed by atoms with Gasteiger partial charge in [0.05, 0.1) is 0 Å². The smallest absolute Gasteiger partial charge is 0.0366 e. The van der Waals surface area contributed by atoms with Gasteiger partial charge in [-0.15, -0.1) is 0 Å². The number of nitrogens with two attached hydrogens (primary N) is 1. The minimum absolute atomic E-state index is 0.429. The zero-order valence-electron chi connectivity index (χ0n) is 11.9. The van der Waals surface area contributed by atoms with Crippen molar-refractivity contribution in [3.63, 3.8) is 0 Å². The first kappa shape index (κ1) is 13.4. The molecular formula is C16H26N2. The molecule has 2 rings (SSSR count). The third-order valence-corrected chi connectivity index (χ3v) is 4.26. The van der Waals surface area contributed by atoms with Gasteiger partial charge in [0.2, 0.25) is 0 Å². The molecule has 0 aliphatic heterocycles. The molecule has 0 bridgehead atoms. The maximum absolute atomic E-state index is 5.97. The molecule has 1 saturated carbocycles. The molecule has 2 heteroatoms. The van der Waals surface area contributed by atoms with E-state index in [4.69, 9.17) is 5.73 Å². The average Bonchev–Trinajstić information content (AvgIpc) is 2.39. The Balaban J connectivity index is 2.02. The van der Waals surface area contributed by atoms with E-state index < -0.39 is 0 Å². The summed E-state index contributed by atoms with van der Waals surface area (Å²) in [5.74, 6) is 0.608. The van der Waals surface area contributed by atoms with Crippen LogP contribution < -0.4 is 10.6 Å². The summed E-state index contributed by atoms with van der Waals surface area (Å²) in [6, 6.07) is 10.1. The quantitative estimate of drug-likeness (QED) is 0.884. The molecule has 1 aliphatic carbocycles. The standard InChI is InChI=1S/C16H26N2/c1-12(2)13-4-8-15(9-5-13)18(3)16-10-6-14(17)7-11-16/h4-5,8-9,12,14,16H,6-7,10-11,17H2,1-3H3. The second-order valence-corrected chi connectivity index (χ2v) is 5.93. The lowest BCUT2D eigenvalue weighted by Gasteiger charge is -2.35. The second-order valence-electron chi connectivity index (χ2n) is 5.93. The lowest BCUT2D eigenvalue weighted by atomic mass is 9.90. The summed E-state index contributed by atoms with van der Waals surface area (Å²) in [6.07, 6.45) is 4.78. The van der Waals surface area contributed by atoms with Gasteiger partial charge in [-0.2, -0.15) is 0 Å². The highest BCUT2D eigenvalue weighted by Crippen LogP contribution is 2.26. The zero-order chi connectivity index (χ0) is 13.1. The van der Waals surface area contributed by atoms with Gasteiger partial charge in [-0.1, -0.05) is 26.0 Å². The Kier molecular flexibility index (Phi) is 4.28. The van der Waals surface area contributed by atoms with E-state index >= 15 is 0 Å². The minimum atomic E-state index is 0.429. The largest absolute Gasteiger partial charge is 0.372 e. The maximum Gasteiger partial charge on any atom is 0.0366 e. The normalized spacial score (nSPS) is 24.3. The van der Waals surface area contributed by atoms with E-state index in [2.05, 4.69) is 50.1 Å². The van der Waals surface area contributed by atoms with Crippen molar-refractivity contribution in [1.82, 2.24) is 0 Å². The molecule has 1 aliphatic rings. The highest BCUT2D eigenvalue weighted by molar-refractivity contribution is 5.48. The number of hydrogen-bond acceptors (Lipinski definition) is 2. The van der Waals surface area contributed by atoms with Gasteiger partial charge in [0.25, 0.3) is 0 Å². The maximum atomic E-state index is 5.97. The van der Waals surface area contributed by atoms with Crippen LogP contribution in [0.25, 0.3) is 0 Å². The lowest BCUT2D eigenvalue weighted by Crippen LogP contribution is -2.38. The molecular weight excluding hydrogens is 220 g/mol. The highest BCUT2D eigenvalue weighted by atomic mass is 15.1. The van der Waals surface area contributed by atoms with Gasteiger partial charge in [0.1, 0.15) is 0 Å². The van der Waals surface area contributed by atoms with Crippen molar-refractivity contribution < 1.29 is 0 Å². The number of nitrogens with zero attached hydrogens (tertiary/aromatic N) is 1. The SMILES string of the molecule is CC(C)c1ccc(N(C)C2CCC(N)CC2)cc1. The van der Waals surface area contributed by atoms with E-state index in [1.54, 1.807) is 0 Å². The molecule has 1 fully saturated rings. The summed E-state index contributed by atoms with van der Waals surface area (Å²) >= 11 is 0. The Morgan fingerprint density at radius 3 is 2.11 bits per heavy atom. The third-order valence-electron chi connectivity index (χ3n) is 4.26. The zero-order valence-corrected chi connectivity index (χ0v) is 11.9. The molecule has 0 atom stereocenters. The molecule has 0 amide bonds. The molecule has 0 spiro atoms. The van der Waals surface area contributed by atoms with E-state index in [1.165, 1.54) is 36.9 Å². The number of hydrogen-bond donors (Lipinski definition) is 1. The van der Waals surface area contributed by atoms with Gasteiger partial charge in [0, 0.05) is 24.8 Å². The monoisotopic (exact) mass is 246 g/mol. The van der Waals surface area contributed by atoms with Crippen molar-refractivity contribution in [3.8, 4) is 0 Å². The van der Waals surface area contributed by atoms with Crippen LogP contribution >= 0.6 is 0 Å². The van der Waals surface area contributed by atoms with Gasteiger partial charge < -0.3 is 10.6 Å². The topological polar surface area (TPSA) is 29.3 Å². The fourth-order valence-corrected chi connectivity index (χ4v) is 2.79. The summed E-state index contributed by atoms with van der Waals surface area (Å²) in [4.78, 5) is 2.43. The van der Waals surface area contributed by atoms with Crippen LogP contribution in [0.4, 0.5) is 5.69 Å². The van der Waals surface area contributed by atoms with Crippen molar-refractivity contribution in [2.45, 2.75) is 57.5 Å². The van der Waals surface area contributed by atoms with Gasteiger partial charge in [-0.3, -0.25) is 0 Å². The van der Waals surface area contributed by atoms with Crippen LogP contribution in [-0.4, -0.2) is 19.1 Å². The van der Waals surface area contributed by atoms with Crippen LogP contribution in [0, 0.1) is 0 Å². The summed E-state index contributed by atoms with van der Waals surface area (Å²) in [5.41, 5.74) is 8.72. The first-order valence-electron chi connectivity index (χ1n) is 7.16. The lowest BCUT2D eigenvalue weighted by molar-refractivity contribution is 0.385.